The summed E-state index contributed by atoms with van der Waals surface area (Å²) in [6.07, 6.45) is 6.54. The normalized spacial score (nSPS) is 14.2. The summed E-state index contributed by atoms with van der Waals surface area (Å²) in [5.41, 5.74) is 0.835. The van der Waals surface area contributed by atoms with E-state index < -0.39 is 0 Å². The zero-order valence-corrected chi connectivity index (χ0v) is 21.3. The number of hydrogen-bond donors (Lipinski definition) is 1. The van der Waals surface area contributed by atoms with Gasteiger partial charge in [0.2, 0.25) is 0 Å². The third-order valence-electron chi connectivity index (χ3n) is 4.91. The highest BCUT2D eigenvalue weighted by molar-refractivity contribution is 8.26. The summed E-state index contributed by atoms with van der Waals surface area (Å²) in [6, 6.07) is 13.2. The SMILES string of the molecule is CCCCCCOc1ccc(OCCOc2ccc(C=C3SC(=S)NC3=O)cc2OCC)cc1. The van der Waals surface area contributed by atoms with Gasteiger partial charge in [0.25, 0.3) is 5.91 Å². The van der Waals surface area contributed by atoms with Crippen molar-refractivity contribution in [2.75, 3.05) is 26.4 Å². The lowest BCUT2D eigenvalue weighted by atomic mass is 10.2. The summed E-state index contributed by atoms with van der Waals surface area (Å²) in [7, 11) is 0. The number of benzene rings is 2. The number of carbonyl (C=O) groups excluding carboxylic acids is 1. The van der Waals surface area contributed by atoms with Crippen molar-refractivity contribution in [1.82, 2.24) is 5.32 Å². The van der Waals surface area contributed by atoms with Crippen LogP contribution in [0, 0.1) is 0 Å². The molecule has 1 N–H and O–H groups in total. The van der Waals surface area contributed by atoms with Gasteiger partial charge in [-0.15, -0.1) is 0 Å². The summed E-state index contributed by atoms with van der Waals surface area (Å²) in [6.45, 7) is 6.11. The summed E-state index contributed by atoms with van der Waals surface area (Å²) in [5, 5.41) is 2.61. The highest BCUT2D eigenvalue weighted by Crippen LogP contribution is 2.32. The van der Waals surface area contributed by atoms with Crippen molar-refractivity contribution < 1.29 is 23.7 Å². The van der Waals surface area contributed by atoms with Crippen molar-refractivity contribution in [3.8, 4) is 23.0 Å². The van der Waals surface area contributed by atoms with E-state index in [1.807, 2.05) is 49.4 Å². The molecule has 2 aromatic rings. The zero-order valence-electron chi connectivity index (χ0n) is 19.6. The number of carbonyl (C=O) groups is 1. The third-order valence-corrected chi connectivity index (χ3v) is 6.07. The highest BCUT2D eigenvalue weighted by Gasteiger charge is 2.22. The molecule has 0 saturated carbocycles. The van der Waals surface area contributed by atoms with Crippen LogP contribution in [0.4, 0.5) is 0 Å². The minimum absolute atomic E-state index is 0.183. The maximum absolute atomic E-state index is 11.9. The molecule has 34 heavy (non-hydrogen) atoms. The molecule has 8 heteroatoms. The number of nitrogens with one attached hydrogen (secondary N) is 1. The van der Waals surface area contributed by atoms with Crippen LogP contribution in [0.2, 0.25) is 0 Å². The van der Waals surface area contributed by atoms with E-state index in [9.17, 15) is 4.79 Å². The van der Waals surface area contributed by atoms with Crippen LogP contribution >= 0.6 is 24.0 Å². The van der Waals surface area contributed by atoms with Gasteiger partial charge in [0.05, 0.1) is 18.1 Å². The molecular formula is C26H31NO5S2. The fraction of sp³-hybridized carbons (Fsp3) is 0.385. The van der Waals surface area contributed by atoms with Crippen molar-refractivity contribution in [1.29, 1.82) is 0 Å². The average Bonchev–Trinajstić information content (AvgIpc) is 3.15. The first-order chi connectivity index (χ1) is 16.6. The van der Waals surface area contributed by atoms with E-state index in [0.717, 1.165) is 30.1 Å². The van der Waals surface area contributed by atoms with Gasteiger partial charge in [-0.1, -0.05) is 56.2 Å². The van der Waals surface area contributed by atoms with Gasteiger partial charge in [0.1, 0.15) is 29.0 Å². The smallest absolute Gasteiger partial charge is 0.263 e. The van der Waals surface area contributed by atoms with Gasteiger partial charge < -0.3 is 24.3 Å². The quantitative estimate of drug-likeness (QED) is 0.194. The topological polar surface area (TPSA) is 66.0 Å². The van der Waals surface area contributed by atoms with Crippen LogP contribution < -0.4 is 24.3 Å². The number of hydrogen-bond acceptors (Lipinski definition) is 7. The number of amides is 1. The molecule has 1 amide bonds. The van der Waals surface area contributed by atoms with E-state index in [0.29, 0.717) is 40.5 Å². The minimum Gasteiger partial charge on any atom is -0.494 e. The Hall–Kier alpha value is -2.71. The maximum Gasteiger partial charge on any atom is 0.263 e. The predicted molar refractivity (Wildman–Crippen MR) is 141 cm³/mol. The zero-order chi connectivity index (χ0) is 24.2. The van der Waals surface area contributed by atoms with E-state index in [-0.39, 0.29) is 5.91 Å². The third kappa shape index (κ3) is 8.25. The summed E-state index contributed by atoms with van der Waals surface area (Å²) >= 11 is 6.28. The van der Waals surface area contributed by atoms with Crippen molar-refractivity contribution in [3.05, 3.63) is 52.9 Å². The van der Waals surface area contributed by atoms with Crippen molar-refractivity contribution in [2.24, 2.45) is 0 Å². The number of unbranched alkanes of at least 4 members (excludes halogenated alkanes) is 3. The van der Waals surface area contributed by atoms with Gasteiger partial charge >= 0.3 is 0 Å². The monoisotopic (exact) mass is 501 g/mol. The molecule has 1 saturated heterocycles. The Bertz CT molecular complexity index is 991. The fourth-order valence-corrected chi connectivity index (χ4v) is 4.28. The Balaban J connectivity index is 1.47. The van der Waals surface area contributed by atoms with Gasteiger partial charge in [0, 0.05) is 0 Å². The van der Waals surface area contributed by atoms with Crippen LogP contribution in [0.15, 0.2) is 47.4 Å². The molecule has 0 unspecified atom stereocenters. The van der Waals surface area contributed by atoms with Crippen LogP contribution in [-0.2, 0) is 4.79 Å². The Morgan fingerprint density at radius 2 is 1.56 bits per heavy atom. The van der Waals surface area contributed by atoms with E-state index in [1.165, 1.54) is 31.0 Å². The number of ether oxygens (including phenoxy) is 4. The first-order valence-electron chi connectivity index (χ1n) is 11.6. The van der Waals surface area contributed by atoms with Gasteiger partial charge in [0.15, 0.2) is 11.5 Å². The molecule has 2 aromatic carbocycles. The van der Waals surface area contributed by atoms with E-state index in [2.05, 4.69) is 12.2 Å². The summed E-state index contributed by atoms with van der Waals surface area (Å²) < 4.78 is 23.6. The molecular weight excluding hydrogens is 470 g/mol. The fourth-order valence-electron chi connectivity index (χ4n) is 3.24. The van der Waals surface area contributed by atoms with Crippen LogP contribution in [-0.4, -0.2) is 36.7 Å². The van der Waals surface area contributed by atoms with Gasteiger partial charge in [-0.3, -0.25) is 4.79 Å². The van der Waals surface area contributed by atoms with Crippen LogP contribution in [0.1, 0.15) is 45.1 Å². The van der Waals surface area contributed by atoms with Crippen molar-refractivity contribution in [3.63, 3.8) is 0 Å². The molecule has 3 rings (SSSR count). The number of rotatable bonds is 14. The second-order valence-corrected chi connectivity index (χ2v) is 9.29. The highest BCUT2D eigenvalue weighted by atomic mass is 32.2. The Morgan fingerprint density at radius 1 is 0.853 bits per heavy atom. The molecule has 0 spiro atoms. The lowest BCUT2D eigenvalue weighted by molar-refractivity contribution is -0.115. The second-order valence-electron chi connectivity index (χ2n) is 7.57. The molecule has 0 atom stereocenters. The van der Waals surface area contributed by atoms with Crippen LogP contribution in [0.3, 0.4) is 0 Å². The molecule has 6 nitrogen and oxygen atoms in total. The molecule has 0 radical (unpaired) electrons. The standard InChI is InChI=1S/C26H31NO5S2/c1-3-5-6-7-14-30-20-9-11-21(12-10-20)31-15-16-32-22-13-8-19(17-23(22)29-4-2)18-24-25(28)27-26(33)34-24/h8-13,17-18H,3-7,14-16H2,1-2H3,(H,27,28,33). The predicted octanol–water partition coefficient (Wildman–Crippen LogP) is 5.99. The largest absolute Gasteiger partial charge is 0.494 e. The van der Waals surface area contributed by atoms with E-state index in [1.54, 1.807) is 6.08 Å². The lowest BCUT2D eigenvalue weighted by Crippen LogP contribution is -2.17. The molecule has 1 heterocycles. The summed E-state index contributed by atoms with van der Waals surface area (Å²) in [4.78, 5) is 12.5. The van der Waals surface area contributed by atoms with Crippen LogP contribution in [0.5, 0.6) is 23.0 Å². The molecule has 182 valence electrons. The molecule has 1 aliphatic rings. The molecule has 0 aliphatic carbocycles. The van der Waals surface area contributed by atoms with E-state index >= 15 is 0 Å². The van der Waals surface area contributed by atoms with Crippen LogP contribution in [0.25, 0.3) is 6.08 Å². The number of thiocarbonyl (C=S) groups is 1. The first kappa shape index (κ1) is 25.9. The van der Waals surface area contributed by atoms with Crippen molar-refractivity contribution in [2.45, 2.75) is 39.5 Å². The average molecular weight is 502 g/mol. The Morgan fingerprint density at radius 3 is 2.21 bits per heavy atom. The number of thioether (sulfide) groups is 1. The second kappa shape index (κ2) is 13.9. The van der Waals surface area contributed by atoms with E-state index in [4.69, 9.17) is 31.2 Å². The molecule has 0 bridgehead atoms. The minimum atomic E-state index is -0.183. The van der Waals surface area contributed by atoms with Gasteiger partial charge in [-0.2, -0.15) is 0 Å². The Kier molecular flexibility index (Phi) is 10.6. The molecule has 1 aliphatic heterocycles. The lowest BCUT2D eigenvalue weighted by Gasteiger charge is -2.13. The summed E-state index contributed by atoms with van der Waals surface area (Å²) in [5.74, 6) is 2.67. The maximum atomic E-state index is 11.9. The molecule has 1 fully saturated rings. The Labute approximate surface area is 211 Å². The van der Waals surface area contributed by atoms with Gasteiger partial charge in [-0.05, 0) is 61.4 Å². The van der Waals surface area contributed by atoms with Gasteiger partial charge in [-0.25, -0.2) is 0 Å². The first-order valence-corrected chi connectivity index (χ1v) is 12.8. The molecule has 0 aromatic heterocycles. The van der Waals surface area contributed by atoms with Crippen molar-refractivity contribution >= 4 is 40.3 Å².